The maximum atomic E-state index is 12.0. The summed E-state index contributed by atoms with van der Waals surface area (Å²) in [5.41, 5.74) is 3.86. The Kier molecular flexibility index (Phi) is 1.99. The minimum Gasteiger partial charge on any atom is -0.464 e. The van der Waals surface area contributed by atoms with Gasteiger partial charge in [-0.15, -0.1) is 0 Å². The number of hydrogen-bond donors (Lipinski definition) is 0. The predicted octanol–water partition coefficient (Wildman–Crippen LogP) is 2.85. The van der Waals surface area contributed by atoms with Gasteiger partial charge in [0.05, 0.1) is 11.8 Å². The van der Waals surface area contributed by atoms with E-state index in [9.17, 15) is 9.59 Å². The molecule has 0 radical (unpaired) electrons. The Morgan fingerprint density at radius 3 is 2.65 bits per heavy atom. The van der Waals surface area contributed by atoms with Crippen LogP contribution in [0.4, 0.5) is 0 Å². The second kappa shape index (κ2) is 3.29. The van der Waals surface area contributed by atoms with Crippen LogP contribution in [0.1, 0.15) is 41.4 Å². The van der Waals surface area contributed by atoms with Crippen molar-refractivity contribution in [2.24, 2.45) is 0 Å². The van der Waals surface area contributed by atoms with E-state index in [2.05, 4.69) is 6.08 Å². The summed E-state index contributed by atoms with van der Waals surface area (Å²) in [6, 6.07) is 0. The predicted molar refractivity (Wildman–Crippen MR) is 62.7 cm³/mol. The van der Waals surface area contributed by atoms with Crippen molar-refractivity contribution in [3.05, 3.63) is 40.4 Å². The molecule has 0 atom stereocenters. The summed E-state index contributed by atoms with van der Waals surface area (Å²) in [4.78, 5) is 24.0. The standard InChI is InChI=1S/C14H12O3/c1-7-3-4-9-10(5-7)12(15)13(16)11-8(2)6-17-14(9)11/h3,6H,4-5H2,1-2H3. The molecular weight excluding hydrogens is 216 g/mol. The van der Waals surface area contributed by atoms with E-state index in [-0.39, 0.29) is 5.78 Å². The topological polar surface area (TPSA) is 47.3 Å². The minimum atomic E-state index is -0.417. The molecule has 3 rings (SSSR count). The van der Waals surface area contributed by atoms with Crippen LogP contribution >= 0.6 is 0 Å². The fourth-order valence-corrected chi connectivity index (χ4v) is 2.50. The molecule has 0 N–H and O–H groups in total. The second-order valence-corrected chi connectivity index (χ2v) is 4.67. The first-order valence-corrected chi connectivity index (χ1v) is 5.64. The van der Waals surface area contributed by atoms with Gasteiger partial charge in [-0.3, -0.25) is 9.59 Å². The molecule has 0 bridgehead atoms. The third-order valence-electron chi connectivity index (χ3n) is 3.43. The van der Waals surface area contributed by atoms with Crippen molar-refractivity contribution in [3.63, 3.8) is 0 Å². The molecule has 0 fully saturated rings. The van der Waals surface area contributed by atoms with Crippen LogP contribution in [-0.2, 0) is 4.79 Å². The molecule has 1 aromatic rings. The van der Waals surface area contributed by atoms with E-state index in [0.29, 0.717) is 29.7 Å². The first-order chi connectivity index (χ1) is 8.09. The van der Waals surface area contributed by atoms with Crippen LogP contribution in [0.2, 0.25) is 0 Å². The first-order valence-electron chi connectivity index (χ1n) is 5.64. The number of aryl methyl sites for hydroxylation is 1. The van der Waals surface area contributed by atoms with Crippen LogP contribution in [0.25, 0.3) is 5.57 Å². The fourth-order valence-electron chi connectivity index (χ4n) is 2.50. The zero-order valence-electron chi connectivity index (χ0n) is 9.79. The Bertz CT molecular complexity index is 611. The van der Waals surface area contributed by atoms with Gasteiger partial charge in [0.15, 0.2) is 0 Å². The number of carbonyl (C=O) groups excluding carboxylic acids is 2. The lowest BCUT2D eigenvalue weighted by Crippen LogP contribution is -2.25. The third-order valence-corrected chi connectivity index (χ3v) is 3.43. The lowest BCUT2D eigenvalue weighted by molar-refractivity contribution is -0.112. The van der Waals surface area contributed by atoms with Gasteiger partial charge >= 0.3 is 0 Å². The number of hydrogen-bond acceptors (Lipinski definition) is 3. The van der Waals surface area contributed by atoms with Crippen LogP contribution in [-0.4, -0.2) is 11.6 Å². The lowest BCUT2D eigenvalue weighted by Gasteiger charge is -2.21. The molecule has 1 aromatic heterocycles. The summed E-state index contributed by atoms with van der Waals surface area (Å²) in [6.45, 7) is 3.77. The quantitative estimate of drug-likeness (QED) is 0.506. The van der Waals surface area contributed by atoms with E-state index < -0.39 is 5.78 Å². The summed E-state index contributed by atoms with van der Waals surface area (Å²) in [5, 5.41) is 0. The molecule has 0 saturated heterocycles. The Balaban J connectivity index is 2.25. The van der Waals surface area contributed by atoms with Crippen molar-refractivity contribution >= 4 is 17.1 Å². The van der Waals surface area contributed by atoms with Crippen LogP contribution in [0, 0.1) is 6.92 Å². The maximum absolute atomic E-state index is 12.0. The number of fused-ring (bicyclic) bond motifs is 2. The van der Waals surface area contributed by atoms with Gasteiger partial charge in [-0.05, 0) is 32.3 Å². The molecule has 0 spiro atoms. The molecule has 0 amide bonds. The highest BCUT2D eigenvalue weighted by atomic mass is 16.3. The zero-order valence-corrected chi connectivity index (χ0v) is 9.79. The van der Waals surface area contributed by atoms with Crippen LogP contribution in [0.5, 0.6) is 0 Å². The maximum Gasteiger partial charge on any atom is 0.237 e. The number of carbonyl (C=O) groups is 2. The van der Waals surface area contributed by atoms with Gasteiger partial charge in [-0.2, -0.15) is 0 Å². The van der Waals surface area contributed by atoms with Crippen LogP contribution in [0.3, 0.4) is 0 Å². The summed E-state index contributed by atoms with van der Waals surface area (Å²) in [7, 11) is 0. The Morgan fingerprint density at radius 1 is 1.12 bits per heavy atom. The molecule has 17 heavy (non-hydrogen) atoms. The van der Waals surface area contributed by atoms with Crippen molar-refractivity contribution in [2.45, 2.75) is 26.7 Å². The fraction of sp³-hybridized carbons (Fsp3) is 0.286. The number of furan rings is 1. The summed E-state index contributed by atoms with van der Waals surface area (Å²) in [6.07, 6.45) is 4.89. The molecule has 3 heteroatoms. The SMILES string of the molecule is CC1=CCC2=C(C1)C(=O)C(=O)c1c(C)coc12. The Labute approximate surface area is 98.8 Å². The summed E-state index contributed by atoms with van der Waals surface area (Å²) >= 11 is 0. The normalized spacial score (nSPS) is 19.1. The van der Waals surface area contributed by atoms with Crippen molar-refractivity contribution in [1.29, 1.82) is 0 Å². The van der Waals surface area contributed by atoms with Gasteiger partial charge in [0.2, 0.25) is 11.6 Å². The van der Waals surface area contributed by atoms with E-state index in [1.54, 1.807) is 13.2 Å². The van der Waals surface area contributed by atoms with Crippen LogP contribution in [0.15, 0.2) is 27.9 Å². The molecule has 2 aliphatic carbocycles. The van der Waals surface area contributed by atoms with Gasteiger partial charge in [0, 0.05) is 11.1 Å². The largest absolute Gasteiger partial charge is 0.464 e. The first kappa shape index (κ1) is 10.3. The average Bonchev–Trinajstić information content (AvgIpc) is 2.68. The summed E-state index contributed by atoms with van der Waals surface area (Å²) in [5.74, 6) is -0.171. The van der Waals surface area contributed by atoms with E-state index in [1.807, 2.05) is 6.92 Å². The number of ketones is 2. The molecule has 1 heterocycles. The smallest absolute Gasteiger partial charge is 0.237 e. The minimum absolute atomic E-state index is 0.357. The number of Topliss-reactive ketones (excluding diaryl/α,β-unsaturated/α-hetero) is 2. The molecule has 0 aliphatic heterocycles. The van der Waals surface area contributed by atoms with E-state index >= 15 is 0 Å². The average molecular weight is 228 g/mol. The van der Waals surface area contributed by atoms with Crippen LogP contribution < -0.4 is 0 Å². The molecule has 2 aliphatic rings. The monoisotopic (exact) mass is 228 g/mol. The highest BCUT2D eigenvalue weighted by Gasteiger charge is 2.36. The molecule has 0 saturated carbocycles. The summed E-state index contributed by atoms with van der Waals surface area (Å²) < 4.78 is 5.45. The zero-order chi connectivity index (χ0) is 12.2. The van der Waals surface area contributed by atoms with E-state index in [1.165, 1.54) is 0 Å². The molecule has 3 nitrogen and oxygen atoms in total. The van der Waals surface area contributed by atoms with Gasteiger partial charge in [-0.1, -0.05) is 11.6 Å². The van der Waals surface area contributed by atoms with Crippen molar-refractivity contribution < 1.29 is 14.0 Å². The molecular formula is C14H12O3. The molecule has 86 valence electrons. The van der Waals surface area contributed by atoms with Crippen molar-refractivity contribution in [2.75, 3.05) is 0 Å². The van der Waals surface area contributed by atoms with Gasteiger partial charge in [-0.25, -0.2) is 0 Å². The number of rotatable bonds is 0. The Morgan fingerprint density at radius 2 is 1.88 bits per heavy atom. The highest BCUT2D eigenvalue weighted by molar-refractivity contribution is 6.52. The third kappa shape index (κ3) is 1.28. The van der Waals surface area contributed by atoms with Gasteiger partial charge < -0.3 is 4.42 Å². The molecule has 0 unspecified atom stereocenters. The van der Waals surface area contributed by atoms with Gasteiger partial charge in [0.1, 0.15) is 5.76 Å². The van der Waals surface area contributed by atoms with E-state index in [0.717, 1.165) is 16.7 Å². The van der Waals surface area contributed by atoms with Gasteiger partial charge in [0.25, 0.3) is 0 Å². The lowest BCUT2D eigenvalue weighted by atomic mass is 9.80. The van der Waals surface area contributed by atoms with E-state index in [4.69, 9.17) is 4.42 Å². The molecule has 0 aromatic carbocycles. The Hall–Kier alpha value is -1.90. The second-order valence-electron chi connectivity index (χ2n) is 4.67. The van der Waals surface area contributed by atoms with Crippen molar-refractivity contribution in [3.8, 4) is 0 Å². The highest BCUT2D eigenvalue weighted by Crippen LogP contribution is 2.39. The number of allylic oxidation sites excluding steroid dienone is 4. The van der Waals surface area contributed by atoms with Crippen molar-refractivity contribution in [1.82, 2.24) is 0 Å².